The molecule has 0 amide bonds. The first-order chi connectivity index (χ1) is 7.02. The summed E-state index contributed by atoms with van der Waals surface area (Å²) in [5.74, 6) is 0.0518. The molecule has 1 rings (SSSR count). The maximum absolute atomic E-state index is 10.4. The van der Waals surface area contributed by atoms with Gasteiger partial charge in [-0.05, 0) is 37.6 Å². The third-order valence-corrected chi connectivity index (χ3v) is 3.22. The van der Waals surface area contributed by atoms with Gasteiger partial charge in [0, 0.05) is 10.9 Å². The number of aliphatic hydroxyl groups is 1. The van der Waals surface area contributed by atoms with Crippen molar-refractivity contribution in [1.29, 1.82) is 0 Å². The summed E-state index contributed by atoms with van der Waals surface area (Å²) >= 11 is 5.90. The van der Waals surface area contributed by atoms with Gasteiger partial charge in [0.1, 0.15) is 0 Å². The molecule has 0 aromatic heterocycles. The average molecular weight is 228 g/mol. The number of hydrogen-bond donors (Lipinski definition) is 2. The summed E-state index contributed by atoms with van der Waals surface area (Å²) in [4.78, 5) is 0. The summed E-state index contributed by atoms with van der Waals surface area (Å²) in [6.45, 7) is 4.28. The molecule has 1 aromatic carbocycles. The zero-order valence-corrected chi connectivity index (χ0v) is 9.96. The number of halogens is 1. The van der Waals surface area contributed by atoms with Crippen molar-refractivity contribution in [3.05, 3.63) is 34.9 Å². The Morgan fingerprint density at radius 3 is 2.67 bits per heavy atom. The fraction of sp³-hybridized carbons (Fsp3) is 0.500. The lowest BCUT2D eigenvalue weighted by atomic mass is 9.81. The first-order valence-corrected chi connectivity index (χ1v) is 5.58. The molecule has 84 valence electrons. The Labute approximate surface area is 96.1 Å². The lowest BCUT2D eigenvalue weighted by molar-refractivity contribution is -0.00401. The van der Waals surface area contributed by atoms with Crippen LogP contribution in [0.4, 0.5) is 0 Å². The van der Waals surface area contributed by atoms with Crippen LogP contribution in [-0.4, -0.2) is 11.7 Å². The van der Waals surface area contributed by atoms with E-state index in [-0.39, 0.29) is 5.92 Å². The van der Waals surface area contributed by atoms with Gasteiger partial charge >= 0.3 is 0 Å². The molecule has 1 aromatic rings. The second-order valence-electron chi connectivity index (χ2n) is 4.00. The number of hydrogen-bond acceptors (Lipinski definition) is 2. The molecule has 15 heavy (non-hydrogen) atoms. The van der Waals surface area contributed by atoms with Crippen LogP contribution in [0.5, 0.6) is 0 Å². The molecule has 3 heteroatoms. The third-order valence-electron chi connectivity index (χ3n) is 2.98. The van der Waals surface area contributed by atoms with Gasteiger partial charge in [-0.3, -0.25) is 0 Å². The highest BCUT2D eigenvalue weighted by molar-refractivity contribution is 6.30. The van der Waals surface area contributed by atoms with Gasteiger partial charge < -0.3 is 10.8 Å². The van der Waals surface area contributed by atoms with E-state index in [1.54, 1.807) is 19.1 Å². The average Bonchev–Trinajstić information content (AvgIpc) is 2.19. The maximum Gasteiger partial charge on any atom is 0.0909 e. The zero-order chi connectivity index (χ0) is 11.5. The summed E-state index contributed by atoms with van der Waals surface area (Å²) in [5.41, 5.74) is 5.57. The molecule has 0 fully saturated rings. The van der Waals surface area contributed by atoms with E-state index >= 15 is 0 Å². The molecular formula is C12H18ClNO. The fourth-order valence-electron chi connectivity index (χ4n) is 1.83. The summed E-state index contributed by atoms with van der Waals surface area (Å²) in [7, 11) is 0. The van der Waals surface area contributed by atoms with Crippen molar-refractivity contribution in [2.75, 3.05) is 6.54 Å². The summed E-state index contributed by atoms with van der Waals surface area (Å²) < 4.78 is 0. The number of benzene rings is 1. The predicted molar refractivity (Wildman–Crippen MR) is 63.9 cm³/mol. The summed E-state index contributed by atoms with van der Waals surface area (Å²) in [5, 5.41) is 11.1. The van der Waals surface area contributed by atoms with Crippen molar-refractivity contribution in [3.63, 3.8) is 0 Å². The van der Waals surface area contributed by atoms with Crippen LogP contribution >= 0.6 is 11.6 Å². The van der Waals surface area contributed by atoms with Crippen molar-refractivity contribution in [3.8, 4) is 0 Å². The normalized spacial score (nSPS) is 17.1. The monoisotopic (exact) mass is 227 g/mol. The SMILES string of the molecule is CCC(CN)C(C)(O)c1cccc(Cl)c1. The van der Waals surface area contributed by atoms with Gasteiger partial charge in [0.05, 0.1) is 5.60 Å². The van der Waals surface area contributed by atoms with Crippen LogP contribution in [0.25, 0.3) is 0 Å². The molecule has 2 nitrogen and oxygen atoms in total. The van der Waals surface area contributed by atoms with Crippen molar-refractivity contribution in [2.45, 2.75) is 25.9 Å². The van der Waals surface area contributed by atoms with Gasteiger partial charge in [-0.1, -0.05) is 30.7 Å². The Kier molecular flexibility index (Phi) is 4.14. The van der Waals surface area contributed by atoms with E-state index in [0.717, 1.165) is 12.0 Å². The molecule has 0 aliphatic rings. The highest BCUT2D eigenvalue weighted by Gasteiger charge is 2.31. The smallest absolute Gasteiger partial charge is 0.0909 e. The molecule has 0 saturated heterocycles. The molecule has 0 radical (unpaired) electrons. The Hall–Kier alpha value is -0.570. The van der Waals surface area contributed by atoms with Gasteiger partial charge in [-0.15, -0.1) is 0 Å². The van der Waals surface area contributed by atoms with Crippen LogP contribution in [0, 0.1) is 5.92 Å². The quantitative estimate of drug-likeness (QED) is 0.831. The first-order valence-electron chi connectivity index (χ1n) is 5.20. The Bertz CT molecular complexity index is 321. The maximum atomic E-state index is 10.4. The third kappa shape index (κ3) is 2.71. The van der Waals surface area contributed by atoms with E-state index in [0.29, 0.717) is 11.6 Å². The van der Waals surface area contributed by atoms with Gasteiger partial charge in [0.15, 0.2) is 0 Å². The highest BCUT2D eigenvalue weighted by atomic mass is 35.5. The lowest BCUT2D eigenvalue weighted by Gasteiger charge is -2.32. The van der Waals surface area contributed by atoms with E-state index in [2.05, 4.69) is 0 Å². The van der Waals surface area contributed by atoms with Crippen molar-refractivity contribution < 1.29 is 5.11 Å². The Morgan fingerprint density at radius 2 is 2.20 bits per heavy atom. The fourth-order valence-corrected chi connectivity index (χ4v) is 2.02. The van der Waals surface area contributed by atoms with E-state index < -0.39 is 5.60 Å². The Balaban J connectivity index is 3.03. The molecule has 0 aliphatic carbocycles. The molecule has 0 aliphatic heterocycles. The van der Waals surface area contributed by atoms with Crippen LogP contribution in [0.3, 0.4) is 0 Å². The van der Waals surface area contributed by atoms with Crippen molar-refractivity contribution >= 4 is 11.6 Å². The zero-order valence-electron chi connectivity index (χ0n) is 9.20. The molecule has 2 unspecified atom stereocenters. The second kappa shape index (κ2) is 4.97. The number of rotatable bonds is 4. The molecule has 3 N–H and O–H groups in total. The van der Waals surface area contributed by atoms with Crippen molar-refractivity contribution in [1.82, 2.24) is 0 Å². The van der Waals surface area contributed by atoms with Gasteiger partial charge in [0.25, 0.3) is 0 Å². The van der Waals surface area contributed by atoms with E-state index in [4.69, 9.17) is 17.3 Å². The largest absolute Gasteiger partial charge is 0.385 e. The molecular weight excluding hydrogens is 210 g/mol. The topological polar surface area (TPSA) is 46.2 Å². The predicted octanol–water partition coefficient (Wildman–Crippen LogP) is 2.53. The minimum atomic E-state index is -0.908. The summed E-state index contributed by atoms with van der Waals surface area (Å²) in [6, 6.07) is 7.31. The van der Waals surface area contributed by atoms with Crippen LogP contribution < -0.4 is 5.73 Å². The Morgan fingerprint density at radius 1 is 1.53 bits per heavy atom. The minimum absolute atomic E-state index is 0.0518. The van der Waals surface area contributed by atoms with Crippen LogP contribution in [0.1, 0.15) is 25.8 Å². The van der Waals surface area contributed by atoms with Gasteiger partial charge in [0.2, 0.25) is 0 Å². The van der Waals surface area contributed by atoms with E-state index in [1.165, 1.54) is 0 Å². The van der Waals surface area contributed by atoms with Gasteiger partial charge in [-0.25, -0.2) is 0 Å². The molecule has 2 atom stereocenters. The second-order valence-corrected chi connectivity index (χ2v) is 4.44. The molecule has 0 spiro atoms. The lowest BCUT2D eigenvalue weighted by Crippen LogP contribution is -2.36. The van der Waals surface area contributed by atoms with Crippen LogP contribution in [-0.2, 0) is 5.60 Å². The van der Waals surface area contributed by atoms with Crippen LogP contribution in [0.2, 0.25) is 5.02 Å². The minimum Gasteiger partial charge on any atom is -0.385 e. The standard InChI is InChI=1S/C12H18ClNO/c1-3-9(8-14)12(2,15)10-5-4-6-11(13)7-10/h4-7,9,15H,3,8,14H2,1-2H3. The van der Waals surface area contributed by atoms with Crippen molar-refractivity contribution in [2.24, 2.45) is 11.7 Å². The first kappa shape index (κ1) is 12.5. The number of nitrogens with two attached hydrogens (primary N) is 1. The molecule has 0 bridgehead atoms. The molecule has 0 saturated carbocycles. The molecule has 0 heterocycles. The van der Waals surface area contributed by atoms with E-state index in [1.807, 2.05) is 19.1 Å². The van der Waals surface area contributed by atoms with Gasteiger partial charge in [-0.2, -0.15) is 0 Å². The van der Waals surface area contributed by atoms with E-state index in [9.17, 15) is 5.11 Å². The summed E-state index contributed by atoms with van der Waals surface area (Å²) in [6.07, 6.45) is 0.843. The highest BCUT2D eigenvalue weighted by Crippen LogP contribution is 2.32. The van der Waals surface area contributed by atoms with Crippen LogP contribution in [0.15, 0.2) is 24.3 Å².